The van der Waals surface area contributed by atoms with Crippen LogP contribution < -0.4 is 0 Å². The van der Waals surface area contributed by atoms with E-state index >= 15 is 0 Å². The van der Waals surface area contributed by atoms with E-state index in [1.54, 1.807) is 22.3 Å². The van der Waals surface area contributed by atoms with E-state index in [9.17, 15) is 4.79 Å². The molecule has 25 heavy (non-hydrogen) atoms. The van der Waals surface area contributed by atoms with Gasteiger partial charge in [-0.1, -0.05) is 30.2 Å². The van der Waals surface area contributed by atoms with E-state index in [0.29, 0.717) is 5.41 Å². The molecule has 0 saturated heterocycles. The maximum absolute atomic E-state index is 11.3. The smallest absolute Gasteiger partial charge is 0.302 e. The van der Waals surface area contributed by atoms with Gasteiger partial charge in [-0.2, -0.15) is 0 Å². The summed E-state index contributed by atoms with van der Waals surface area (Å²) in [7, 11) is 0. The largest absolute Gasteiger partial charge is 0.462 e. The van der Waals surface area contributed by atoms with E-state index in [1.807, 2.05) is 0 Å². The van der Waals surface area contributed by atoms with Gasteiger partial charge in [0.1, 0.15) is 6.10 Å². The SMILES string of the molecule is C/C=C1\CCC2C(=C1C)CC1C2CC=C2CC(OC(C)=O)CCC21C. The topological polar surface area (TPSA) is 26.3 Å². The Morgan fingerprint density at radius 3 is 2.84 bits per heavy atom. The predicted molar refractivity (Wildman–Crippen MR) is 101 cm³/mol. The number of rotatable bonds is 1. The van der Waals surface area contributed by atoms with Crippen LogP contribution in [0.3, 0.4) is 0 Å². The monoisotopic (exact) mass is 340 g/mol. The number of ether oxygens (including phenoxy) is 1. The Kier molecular flexibility index (Phi) is 4.21. The third-order valence-electron chi connectivity index (χ3n) is 7.91. The Hall–Kier alpha value is -1.31. The normalized spacial score (nSPS) is 41.8. The number of carbonyl (C=O) groups excluding carboxylic acids is 1. The molecular weight excluding hydrogens is 308 g/mol. The van der Waals surface area contributed by atoms with Crippen molar-refractivity contribution < 1.29 is 9.53 Å². The lowest BCUT2D eigenvalue weighted by Gasteiger charge is -2.49. The van der Waals surface area contributed by atoms with Crippen molar-refractivity contribution in [2.75, 3.05) is 0 Å². The molecule has 0 amide bonds. The molecule has 4 aliphatic carbocycles. The first-order valence-corrected chi connectivity index (χ1v) is 10.2. The molecule has 5 atom stereocenters. The van der Waals surface area contributed by atoms with Crippen LogP contribution in [0, 0.1) is 23.2 Å². The Morgan fingerprint density at radius 2 is 2.12 bits per heavy atom. The van der Waals surface area contributed by atoms with Crippen molar-refractivity contribution in [3.63, 3.8) is 0 Å². The third-order valence-corrected chi connectivity index (χ3v) is 7.91. The van der Waals surface area contributed by atoms with Crippen molar-refractivity contribution >= 4 is 5.97 Å². The maximum atomic E-state index is 11.3. The molecule has 136 valence electrons. The molecule has 0 aromatic rings. The fourth-order valence-electron chi connectivity index (χ4n) is 6.55. The molecule has 5 unspecified atom stereocenters. The van der Waals surface area contributed by atoms with Gasteiger partial charge in [0.15, 0.2) is 0 Å². The molecule has 2 saturated carbocycles. The zero-order valence-corrected chi connectivity index (χ0v) is 16.2. The minimum absolute atomic E-state index is 0.104. The quantitative estimate of drug-likeness (QED) is 0.449. The number of fused-ring (bicyclic) bond motifs is 5. The van der Waals surface area contributed by atoms with Gasteiger partial charge in [-0.3, -0.25) is 4.79 Å². The molecule has 0 aromatic carbocycles. The van der Waals surface area contributed by atoms with Gasteiger partial charge in [0.05, 0.1) is 0 Å². The van der Waals surface area contributed by atoms with E-state index in [1.165, 1.54) is 39.0 Å². The molecule has 0 radical (unpaired) electrons. The molecule has 2 fully saturated rings. The first-order valence-electron chi connectivity index (χ1n) is 10.2. The number of hydrogen-bond acceptors (Lipinski definition) is 2. The Labute approximate surface area is 152 Å². The van der Waals surface area contributed by atoms with Crippen molar-refractivity contribution in [1.82, 2.24) is 0 Å². The minimum atomic E-state index is -0.130. The lowest BCUT2D eigenvalue weighted by Crippen LogP contribution is -2.42. The van der Waals surface area contributed by atoms with Crippen molar-refractivity contribution in [3.05, 3.63) is 34.4 Å². The van der Waals surface area contributed by atoms with Crippen LogP contribution in [0.4, 0.5) is 0 Å². The van der Waals surface area contributed by atoms with Crippen LogP contribution in [-0.2, 0) is 9.53 Å². The molecule has 0 aliphatic heterocycles. The van der Waals surface area contributed by atoms with Crippen molar-refractivity contribution in [2.24, 2.45) is 23.2 Å². The molecule has 4 rings (SSSR count). The molecule has 4 aliphatic rings. The first-order chi connectivity index (χ1) is 11.9. The molecular formula is C23H32O2. The summed E-state index contributed by atoms with van der Waals surface area (Å²) in [6.45, 7) is 8.60. The van der Waals surface area contributed by atoms with E-state index < -0.39 is 0 Å². The summed E-state index contributed by atoms with van der Waals surface area (Å²) in [5.74, 6) is 2.31. The molecule has 2 nitrogen and oxygen atoms in total. The lowest BCUT2D eigenvalue weighted by atomic mass is 9.56. The molecule has 0 spiro atoms. The summed E-state index contributed by atoms with van der Waals surface area (Å²) in [4.78, 5) is 11.3. The van der Waals surface area contributed by atoms with Crippen LogP contribution in [0.15, 0.2) is 34.4 Å². The van der Waals surface area contributed by atoms with Crippen molar-refractivity contribution in [2.45, 2.75) is 78.7 Å². The summed E-state index contributed by atoms with van der Waals surface area (Å²) in [5.41, 5.74) is 6.86. The summed E-state index contributed by atoms with van der Waals surface area (Å²) >= 11 is 0. The van der Waals surface area contributed by atoms with Crippen molar-refractivity contribution in [1.29, 1.82) is 0 Å². The number of allylic oxidation sites excluding steroid dienone is 5. The van der Waals surface area contributed by atoms with Gasteiger partial charge < -0.3 is 4.74 Å². The van der Waals surface area contributed by atoms with Crippen LogP contribution in [0.2, 0.25) is 0 Å². The van der Waals surface area contributed by atoms with Gasteiger partial charge in [0, 0.05) is 13.3 Å². The zero-order valence-electron chi connectivity index (χ0n) is 16.2. The number of hydrogen-bond donors (Lipinski definition) is 0. The standard InChI is InChI=1S/C23H32O2/c1-5-16-6-8-19-20-9-7-17-12-18(25-15(3)24)10-11-23(17,4)22(20)13-21(19)14(16)2/h5,7,18-20,22H,6,8-13H2,1-4H3/b16-5+. The highest BCUT2D eigenvalue weighted by Gasteiger charge is 2.53. The second kappa shape index (κ2) is 6.14. The number of esters is 1. The number of carbonyl (C=O) groups is 1. The predicted octanol–water partition coefficient (Wildman–Crippen LogP) is 5.75. The van der Waals surface area contributed by atoms with Crippen LogP contribution in [0.25, 0.3) is 0 Å². The first kappa shape index (κ1) is 17.1. The van der Waals surface area contributed by atoms with Gasteiger partial charge in [-0.15, -0.1) is 0 Å². The van der Waals surface area contributed by atoms with Gasteiger partial charge in [-0.05, 0) is 86.7 Å². The molecule has 0 heterocycles. The van der Waals surface area contributed by atoms with Gasteiger partial charge in [0.2, 0.25) is 0 Å². The molecule has 0 N–H and O–H groups in total. The summed E-state index contributed by atoms with van der Waals surface area (Å²) in [6, 6.07) is 0. The molecule has 0 bridgehead atoms. The minimum Gasteiger partial charge on any atom is -0.462 e. The van der Waals surface area contributed by atoms with E-state index in [4.69, 9.17) is 4.74 Å². The maximum Gasteiger partial charge on any atom is 0.302 e. The third kappa shape index (κ3) is 2.64. The Morgan fingerprint density at radius 1 is 1.32 bits per heavy atom. The van der Waals surface area contributed by atoms with Gasteiger partial charge in [0.25, 0.3) is 0 Å². The highest BCUT2D eigenvalue weighted by atomic mass is 16.5. The Bertz CT molecular complexity index is 680. The zero-order chi connectivity index (χ0) is 17.8. The van der Waals surface area contributed by atoms with Gasteiger partial charge in [-0.25, -0.2) is 0 Å². The fraction of sp³-hybridized carbons (Fsp3) is 0.696. The van der Waals surface area contributed by atoms with E-state index in [2.05, 4.69) is 32.9 Å². The highest BCUT2D eigenvalue weighted by Crippen LogP contribution is 2.63. The fourth-order valence-corrected chi connectivity index (χ4v) is 6.55. The van der Waals surface area contributed by atoms with Crippen molar-refractivity contribution in [3.8, 4) is 0 Å². The highest BCUT2D eigenvalue weighted by molar-refractivity contribution is 5.66. The molecule has 0 aromatic heterocycles. The second-order valence-corrected chi connectivity index (χ2v) is 8.94. The average Bonchev–Trinajstić information content (AvgIpc) is 2.96. The summed E-state index contributed by atoms with van der Waals surface area (Å²) in [6.07, 6.45) is 13.3. The van der Waals surface area contributed by atoms with Crippen LogP contribution in [0.1, 0.15) is 72.6 Å². The summed E-state index contributed by atoms with van der Waals surface area (Å²) < 4.78 is 5.54. The Balaban J connectivity index is 1.62. The van der Waals surface area contributed by atoms with Crippen LogP contribution in [0.5, 0.6) is 0 Å². The van der Waals surface area contributed by atoms with Gasteiger partial charge >= 0.3 is 5.97 Å². The van der Waals surface area contributed by atoms with Crippen LogP contribution >= 0.6 is 0 Å². The van der Waals surface area contributed by atoms with E-state index in [-0.39, 0.29) is 12.1 Å². The molecule has 2 heteroatoms. The lowest BCUT2D eigenvalue weighted by molar-refractivity contribution is -0.148. The summed E-state index contributed by atoms with van der Waals surface area (Å²) in [5, 5.41) is 0. The van der Waals surface area contributed by atoms with E-state index in [0.717, 1.165) is 30.6 Å². The average molecular weight is 341 g/mol. The van der Waals surface area contributed by atoms with Crippen LogP contribution in [-0.4, -0.2) is 12.1 Å². The second-order valence-electron chi connectivity index (χ2n) is 8.94.